The van der Waals surface area contributed by atoms with Crippen LogP contribution in [0.25, 0.3) is 0 Å². The minimum absolute atomic E-state index is 0.127. The zero-order valence-electron chi connectivity index (χ0n) is 8.16. The van der Waals surface area contributed by atoms with E-state index in [4.69, 9.17) is 9.47 Å². The first-order valence-electron chi connectivity index (χ1n) is 4.64. The first-order chi connectivity index (χ1) is 7.56. The van der Waals surface area contributed by atoms with Crippen molar-refractivity contribution >= 4 is 11.8 Å². The smallest absolute Gasteiger partial charge is 0.346 e. The molecule has 1 aliphatic rings. The topological polar surface area (TPSA) is 18.5 Å². The van der Waals surface area contributed by atoms with Gasteiger partial charge in [-0.25, -0.2) is 0 Å². The fourth-order valence-corrected chi connectivity index (χ4v) is 2.11. The van der Waals surface area contributed by atoms with E-state index in [1.54, 1.807) is 18.2 Å². The Morgan fingerprint density at radius 3 is 2.38 bits per heavy atom. The SMILES string of the molecule is FC(F)(F)Sc1ccccc1C1OCCO1. The van der Waals surface area contributed by atoms with Gasteiger partial charge in [-0.1, -0.05) is 18.2 Å². The molecule has 2 nitrogen and oxygen atoms in total. The summed E-state index contributed by atoms with van der Waals surface area (Å²) >= 11 is -0.146. The van der Waals surface area contributed by atoms with Gasteiger partial charge in [0.2, 0.25) is 0 Å². The molecule has 0 unspecified atom stereocenters. The van der Waals surface area contributed by atoms with Gasteiger partial charge in [-0.2, -0.15) is 13.2 Å². The van der Waals surface area contributed by atoms with Crippen LogP contribution in [-0.2, 0) is 9.47 Å². The van der Waals surface area contributed by atoms with Gasteiger partial charge in [0.15, 0.2) is 6.29 Å². The lowest BCUT2D eigenvalue weighted by atomic mass is 10.2. The van der Waals surface area contributed by atoms with Crippen molar-refractivity contribution in [3.63, 3.8) is 0 Å². The average Bonchev–Trinajstić information content (AvgIpc) is 2.69. The molecule has 88 valence electrons. The van der Waals surface area contributed by atoms with E-state index in [2.05, 4.69) is 0 Å². The highest BCUT2D eigenvalue weighted by atomic mass is 32.2. The van der Waals surface area contributed by atoms with E-state index in [0.29, 0.717) is 18.8 Å². The van der Waals surface area contributed by atoms with Crippen molar-refractivity contribution in [2.24, 2.45) is 0 Å². The lowest BCUT2D eigenvalue weighted by molar-refractivity contribution is -0.0469. The fraction of sp³-hybridized carbons (Fsp3) is 0.400. The van der Waals surface area contributed by atoms with Gasteiger partial charge in [0.25, 0.3) is 0 Å². The van der Waals surface area contributed by atoms with Crippen molar-refractivity contribution in [3.05, 3.63) is 29.8 Å². The number of thioether (sulfide) groups is 1. The Balaban J connectivity index is 2.23. The monoisotopic (exact) mass is 250 g/mol. The number of halogens is 3. The van der Waals surface area contributed by atoms with Gasteiger partial charge in [0.1, 0.15) is 0 Å². The van der Waals surface area contributed by atoms with Crippen molar-refractivity contribution in [3.8, 4) is 0 Å². The van der Waals surface area contributed by atoms with Gasteiger partial charge < -0.3 is 9.47 Å². The summed E-state index contributed by atoms with van der Waals surface area (Å²) in [5.74, 6) is 0. The fourth-order valence-electron chi connectivity index (χ4n) is 1.43. The highest BCUT2D eigenvalue weighted by Gasteiger charge is 2.32. The number of rotatable bonds is 2. The Morgan fingerprint density at radius 1 is 1.12 bits per heavy atom. The van der Waals surface area contributed by atoms with E-state index < -0.39 is 11.8 Å². The van der Waals surface area contributed by atoms with Gasteiger partial charge in [-0.05, 0) is 17.8 Å². The lowest BCUT2D eigenvalue weighted by Crippen LogP contribution is -2.04. The molecule has 1 heterocycles. The third-order valence-corrected chi connectivity index (χ3v) is 2.84. The minimum atomic E-state index is -4.30. The van der Waals surface area contributed by atoms with Crippen LogP contribution in [0.2, 0.25) is 0 Å². The van der Waals surface area contributed by atoms with Crippen LogP contribution in [0, 0.1) is 0 Å². The molecule has 1 saturated heterocycles. The number of hydrogen-bond donors (Lipinski definition) is 0. The van der Waals surface area contributed by atoms with Crippen molar-refractivity contribution in [1.29, 1.82) is 0 Å². The molecule has 1 aromatic rings. The second-order valence-corrected chi connectivity index (χ2v) is 4.27. The van der Waals surface area contributed by atoms with Gasteiger partial charge in [0, 0.05) is 10.5 Å². The van der Waals surface area contributed by atoms with E-state index in [-0.39, 0.29) is 16.7 Å². The number of ether oxygens (including phenoxy) is 2. The molecular formula is C10H9F3O2S. The molecule has 0 saturated carbocycles. The normalized spacial score (nSPS) is 17.9. The Hall–Kier alpha value is -0.720. The maximum Gasteiger partial charge on any atom is 0.446 e. The molecule has 0 spiro atoms. The molecule has 0 amide bonds. The molecule has 1 aliphatic heterocycles. The molecule has 0 N–H and O–H groups in total. The average molecular weight is 250 g/mol. The van der Waals surface area contributed by atoms with Crippen molar-refractivity contribution < 1.29 is 22.6 Å². The molecule has 2 rings (SSSR count). The molecule has 1 aromatic carbocycles. The standard InChI is InChI=1S/C10H9F3O2S/c11-10(12,13)16-8-4-2-1-3-7(8)9-14-5-6-15-9/h1-4,9H,5-6H2. The first-order valence-corrected chi connectivity index (χ1v) is 5.46. The molecule has 1 fully saturated rings. The van der Waals surface area contributed by atoms with E-state index in [1.165, 1.54) is 6.07 Å². The molecule has 0 aromatic heterocycles. The molecule has 0 atom stereocenters. The Bertz CT molecular complexity index is 361. The summed E-state index contributed by atoms with van der Waals surface area (Å²) in [5, 5.41) is 0. The summed E-state index contributed by atoms with van der Waals surface area (Å²) < 4.78 is 47.3. The van der Waals surface area contributed by atoms with Gasteiger partial charge in [-0.3, -0.25) is 0 Å². The van der Waals surface area contributed by atoms with Crippen molar-refractivity contribution in [1.82, 2.24) is 0 Å². The zero-order valence-corrected chi connectivity index (χ0v) is 8.98. The summed E-state index contributed by atoms with van der Waals surface area (Å²) in [7, 11) is 0. The predicted molar refractivity (Wildman–Crippen MR) is 53.0 cm³/mol. The highest BCUT2D eigenvalue weighted by Crippen LogP contribution is 2.41. The zero-order chi connectivity index (χ0) is 11.6. The second-order valence-electron chi connectivity index (χ2n) is 3.16. The van der Waals surface area contributed by atoms with Crippen LogP contribution in [0.15, 0.2) is 29.2 Å². The minimum Gasteiger partial charge on any atom is -0.346 e. The van der Waals surface area contributed by atoms with Crippen LogP contribution < -0.4 is 0 Å². The van der Waals surface area contributed by atoms with E-state index in [9.17, 15) is 13.2 Å². The van der Waals surface area contributed by atoms with E-state index in [0.717, 1.165) is 0 Å². The maximum atomic E-state index is 12.3. The summed E-state index contributed by atoms with van der Waals surface area (Å²) in [6.45, 7) is 0.825. The summed E-state index contributed by atoms with van der Waals surface area (Å²) in [4.78, 5) is 0.127. The lowest BCUT2D eigenvalue weighted by Gasteiger charge is -2.14. The summed E-state index contributed by atoms with van der Waals surface area (Å²) in [6, 6.07) is 6.23. The third kappa shape index (κ3) is 2.90. The predicted octanol–water partition coefficient (Wildman–Crippen LogP) is 3.34. The molecular weight excluding hydrogens is 241 g/mol. The number of benzene rings is 1. The van der Waals surface area contributed by atoms with E-state index >= 15 is 0 Å². The summed E-state index contributed by atoms with van der Waals surface area (Å²) in [5.41, 5.74) is -3.86. The second kappa shape index (κ2) is 4.65. The van der Waals surface area contributed by atoms with Crippen LogP contribution >= 0.6 is 11.8 Å². The van der Waals surface area contributed by atoms with Crippen molar-refractivity contribution in [2.45, 2.75) is 16.7 Å². The Kier molecular flexibility index (Phi) is 3.41. The highest BCUT2D eigenvalue weighted by molar-refractivity contribution is 8.00. The summed E-state index contributed by atoms with van der Waals surface area (Å²) in [6.07, 6.45) is -0.675. The number of hydrogen-bond acceptors (Lipinski definition) is 3. The molecule has 6 heteroatoms. The molecule has 0 aliphatic carbocycles. The van der Waals surface area contributed by atoms with Crippen LogP contribution in [0.3, 0.4) is 0 Å². The van der Waals surface area contributed by atoms with Crippen LogP contribution in [-0.4, -0.2) is 18.7 Å². The van der Waals surface area contributed by atoms with Gasteiger partial charge in [-0.15, -0.1) is 0 Å². The molecule has 0 radical (unpaired) electrons. The van der Waals surface area contributed by atoms with Gasteiger partial charge >= 0.3 is 5.51 Å². The molecule has 16 heavy (non-hydrogen) atoms. The number of alkyl halides is 3. The third-order valence-electron chi connectivity index (χ3n) is 2.02. The quantitative estimate of drug-likeness (QED) is 0.750. The van der Waals surface area contributed by atoms with Gasteiger partial charge in [0.05, 0.1) is 13.2 Å². The van der Waals surface area contributed by atoms with Crippen molar-refractivity contribution in [2.75, 3.05) is 13.2 Å². The van der Waals surface area contributed by atoms with Crippen LogP contribution in [0.4, 0.5) is 13.2 Å². The van der Waals surface area contributed by atoms with Crippen LogP contribution in [0.1, 0.15) is 11.9 Å². The molecule has 0 bridgehead atoms. The first kappa shape index (κ1) is 11.8. The largest absolute Gasteiger partial charge is 0.446 e. The Morgan fingerprint density at radius 2 is 1.75 bits per heavy atom. The van der Waals surface area contributed by atoms with Crippen LogP contribution in [0.5, 0.6) is 0 Å². The maximum absolute atomic E-state index is 12.3. The Labute approximate surface area is 94.7 Å². The van der Waals surface area contributed by atoms with E-state index in [1.807, 2.05) is 0 Å².